The van der Waals surface area contributed by atoms with Crippen LogP contribution < -0.4 is 0 Å². The highest BCUT2D eigenvalue weighted by Gasteiger charge is 2.08. The lowest BCUT2D eigenvalue weighted by atomic mass is 9.90. The second-order valence-electron chi connectivity index (χ2n) is 4.29. The molecule has 1 atom stereocenters. The van der Waals surface area contributed by atoms with E-state index in [2.05, 4.69) is 51.7 Å². The molecule has 0 N–H and O–H groups in total. The van der Waals surface area contributed by atoms with Gasteiger partial charge in [0, 0.05) is 0 Å². The van der Waals surface area contributed by atoms with Crippen LogP contribution in [0.2, 0.25) is 0 Å². The first-order valence-corrected chi connectivity index (χ1v) is 5.53. The largest absolute Gasteiger partial charge is 0.0918 e. The molecule has 0 aromatic heterocycles. The summed E-state index contributed by atoms with van der Waals surface area (Å²) in [5.41, 5.74) is 2.50. The van der Waals surface area contributed by atoms with Gasteiger partial charge in [0.2, 0.25) is 0 Å². The molecule has 0 nitrogen and oxygen atoms in total. The smallest absolute Gasteiger partial charge is 0.00428 e. The summed E-state index contributed by atoms with van der Waals surface area (Å²) < 4.78 is 0. The SMILES string of the molecule is C=C1/C=C\C=C/C(C)/C(C(C)C)=C\C=C/1. The lowest BCUT2D eigenvalue weighted by Gasteiger charge is -2.15. The molecule has 0 saturated heterocycles. The van der Waals surface area contributed by atoms with Crippen LogP contribution in [0.3, 0.4) is 0 Å². The van der Waals surface area contributed by atoms with Gasteiger partial charge in [-0.3, -0.25) is 0 Å². The molecule has 15 heavy (non-hydrogen) atoms. The van der Waals surface area contributed by atoms with Crippen LogP contribution in [0.25, 0.3) is 0 Å². The predicted molar refractivity (Wildman–Crippen MR) is 68.6 cm³/mol. The lowest BCUT2D eigenvalue weighted by molar-refractivity contribution is 0.665. The van der Waals surface area contributed by atoms with E-state index >= 15 is 0 Å². The van der Waals surface area contributed by atoms with Crippen molar-refractivity contribution in [2.45, 2.75) is 20.8 Å². The number of hydrogen-bond acceptors (Lipinski definition) is 0. The van der Waals surface area contributed by atoms with Gasteiger partial charge in [-0.25, -0.2) is 0 Å². The number of rotatable bonds is 1. The van der Waals surface area contributed by atoms with Gasteiger partial charge in [-0.1, -0.05) is 75.5 Å². The fourth-order valence-corrected chi connectivity index (χ4v) is 1.73. The van der Waals surface area contributed by atoms with E-state index in [1.807, 2.05) is 18.2 Å². The minimum Gasteiger partial charge on any atom is -0.0918 e. The summed E-state index contributed by atoms with van der Waals surface area (Å²) in [6.45, 7) is 10.6. The highest BCUT2D eigenvalue weighted by Crippen LogP contribution is 2.21. The van der Waals surface area contributed by atoms with Crippen LogP contribution in [0.15, 0.2) is 60.3 Å². The van der Waals surface area contributed by atoms with Crippen LogP contribution in [0.5, 0.6) is 0 Å². The predicted octanol–water partition coefficient (Wildman–Crippen LogP) is 4.44. The lowest BCUT2D eigenvalue weighted by Crippen LogP contribution is -2.03. The summed E-state index contributed by atoms with van der Waals surface area (Å²) in [5, 5.41) is 0. The molecular weight excluding hydrogens is 180 g/mol. The Morgan fingerprint density at radius 1 is 1.13 bits per heavy atom. The molecule has 0 heteroatoms. The summed E-state index contributed by atoms with van der Waals surface area (Å²) in [7, 11) is 0. The maximum atomic E-state index is 3.94. The van der Waals surface area contributed by atoms with Crippen LogP contribution in [0.4, 0.5) is 0 Å². The molecule has 0 saturated carbocycles. The van der Waals surface area contributed by atoms with Gasteiger partial charge in [-0.15, -0.1) is 0 Å². The zero-order valence-electron chi connectivity index (χ0n) is 9.90. The Hall–Kier alpha value is -1.30. The van der Waals surface area contributed by atoms with Crippen LogP contribution >= 0.6 is 0 Å². The summed E-state index contributed by atoms with van der Waals surface area (Å²) in [5.74, 6) is 1.09. The summed E-state index contributed by atoms with van der Waals surface area (Å²) >= 11 is 0. The second kappa shape index (κ2) is 5.55. The van der Waals surface area contributed by atoms with Crippen LogP contribution in [-0.2, 0) is 0 Å². The molecular formula is C15H20. The summed E-state index contributed by atoms with van der Waals surface area (Å²) in [4.78, 5) is 0. The topological polar surface area (TPSA) is 0 Å². The molecule has 80 valence electrons. The Labute approximate surface area is 93.4 Å². The van der Waals surface area contributed by atoms with Crippen molar-refractivity contribution in [1.29, 1.82) is 0 Å². The average Bonchev–Trinajstić information content (AvgIpc) is 2.18. The first-order valence-electron chi connectivity index (χ1n) is 5.53. The maximum absolute atomic E-state index is 3.94. The van der Waals surface area contributed by atoms with Crippen molar-refractivity contribution in [1.82, 2.24) is 0 Å². The third kappa shape index (κ3) is 3.75. The molecule has 0 aliphatic heterocycles. The fourth-order valence-electron chi connectivity index (χ4n) is 1.73. The van der Waals surface area contributed by atoms with E-state index in [1.54, 1.807) is 0 Å². The van der Waals surface area contributed by atoms with Gasteiger partial charge in [0.1, 0.15) is 0 Å². The van der Waals surface area contributed by atoms with Crippen molar-refractivity contribution < 1.29 is 0 Å². The third-order valence-electron chi connectivity index (χ3n) is 2.61. The molecule has 0 heterocycles. The molecule has 0 bridgehead atoms. The Balaban J connectivity index is 2.99. The molecule has 0 fully saturated rings. The van der Waals surface area contributed by atoms with Crippen LogP contribution in [0, 0.1) is 11.8 Å². The maximum Gasteiger partial charge on any atom is -0.00428 e. The first kappa shape index (κ1) is 11.8. The standard InChI is InChI=1S/C15H20/c1-12(2)15-11-7-9-13(3)8-5-6-10-14(15)4/h5-12,14H,3H2,1-2,4H3/b8-5-,9-7-,10-6-,15-11-. The zero-order chi connectivity index (χ0) is 11.3. The average molecular weight is 200 g/mol. The highest BCUT2D eigenvalue weighted by atomic mass is 14.1. The van der Waals surface area contributed by atoms with Gasteiger partial charge >= 0.3 is 0 Å². The van der Waals surface area contributed by atoms with Gasteiger partial charge in [0.25, 0.3) is 0 Å². The van der Waals surface area contributed by atoms with E-state index in [0.717, 1.165) is 5.57 Å². The van der Waals surface area contributed by atoms with Gasteiger partial charge in [0.15, 0.2) is 0 Å². The molecule has 0 aromatic rings. The first-order chi connectivity index (χ1) is 7.11. The van der Waals surface area contributed by atoms with Crippen LogP contribution in [-0.4, -0.2) is 0 Å². The van der Waals surface area contributed by atoms with Crippen LogP contribution in [0.1, 0.15) is 20.8 Å². The van der Waals surface area contributed by atoms with Gasteiger partial charge in [0.05, 0.1) is 0 Å². The second-order valence-corrected chi connectivity index (χ2v) is 4.29. The number of hydrogen-bond donors (Lipinski definition) is 0. The monoisotopic (exact) mass is 200 g/mol. The van der Waals surface area contributed by atoms with Crippen molar-refractivity contribution in [3.8, 4) is 0 Å². The fraction of sp³-hybridized carbons (Fsp3) is 0.333. The molecule has 0 aromatic carbocycles. The molecule has 1 unspecified atom stereocenters. The molecule has 0 amide bonds. The van der Waals surface area contributed by atoms with E-state index in [9.17, 15) is 0 Å². The number of allylic oxidation sites excluding steroid dienone is 9. The Kier molecular flexibility index (Phi) is 4.36. The van der Waals surface area contributed by atoms with E-state index in [0.29, 0.717) is 11.8 Å². The van der Waals surface area contributed by atoms with E-state index < -0.39 is 0 Å². The Bertz CT molecular complexity index is 335. The molecule has 1 rings (SSSR count). The van der Waals surface area contributed by atoms with E-state index in [4.69, 9.17) is 0 Å². The van der Waals surface area contributed by atoms with Crippen molar-refractivity contribution >= 4 is 0 Å². The molecule has 1 aliphatic rings. The van der Waals surface area contributed by atoms with E-state index in [-0.39, 0.29) is 0 Å². The van der Waals surface area contributed by atoms with Crippen molar-refractivity contribution in [3.63, 3.8) is 0 Å². The Morgan fingerprint density at radius 3 is 2.47 bits per heavy atom. The van der Waals surface area contributed by atoms with Crippen molar-refractivity contribution in [3.05, 3.63) is 60.3 Å². The van der Waals surface area contributed by atoms with Gasteiger partial charge in [-0.2, -0.15) is 0 Å². The third-order valence-corrected chi connectivity index (χ3v) is 2.61. The highest BCUT2D eigenvalue weighted by molar-refractivity contribution is 5.34. The summed E-state index contributed by atoms with van der Waals surface area (Å²) in [6.07, 6.45) is 14.8. The van der Waals surface area contributed by atoms with E-state index in [1.165, 1.54) is 5.57 Å². The minimum absolute atomic E-state index is 0.505. The molecule has 0 radical (unpaired) electrons. The molecule has 1 aliphatic carbocycles. The normalized spacial score (nSPS) is 31.9. The quantitative estimate of drug-likeness (QED) is 0.587. The van der Waals surface area contributed by atoms with Gasteiger partial charge in [-0.05, 0) is 17.4 Å². The van der Waals surface area contributed by atoms with Crippen molar-refractivity contribution in [2.75, 3.05) is 0 Å². The summed E-state index contributed by atoms with van der Waals surface area (Å²) in [6, 6.07) is 0. The van der Waals surface area contributed by atoms with Crippen molar-refractivity contribution in [2.24, 2.45) is 11.8 Å². The minimum atomic E-state index is 0.505. The zero-order valence-corrected chi connectivity index (χ0v) is 9.90. The van der Waals surface area contributed by atoms with Gasteiger partial charge < -0.3 is 0 Å². The molecule has 0 spiro atoms. The Morgan fingerprint density at radius 2 is 1.80 bits per heavy atom.